The van der Waals surface area contributed by atoms with Crippen LogP contribution in [0.5, 0.6) is 0 Å². The van der Waals surface area contributed by atoms with Gasteiger partial charge in [0.05, 0.1) is 0 Å². The highest BCUT2D eigenvalue weighted by atomic mass is 16.2. The molecule has 0 saturated carbocycles. The fourth-order valence-electron chi connectivity index (χ4n) is 2.81. The van der Waals surface area contributed by atoms with E-state index in [1.807, 2.05) is 48.2 Å². The second-order valence-corrected chi connectivity index (χ2v) is 5.96. The summed E-state index contributed by atoms with van der Waals surface area (Å²) < 4.78 is 0. The molecule has 1 aromatic carbocycles. The molecular weight excluding hydrogens is 250 g/mol. The van der Waals surface area contributed by atoms with Crippen LogP contribution in [-0.2, 0) is 0 Å². The Labute approximate surface area is 121 Å². The third kappa shape index (κ3) is 3.12. The second kappa shape index (κ2) is 6.27. The fourth-order valence-corrected chi connectivity index (χ4v) is 2.81. The van der Waals surface area contributed by atoms with Crippen molar-refractivity contribution in [3.05, 3.63) is 29.8 Å². The topological polar surface area (TPSA) is 49.6 Å². The number of anilines is 1. The van der Waals surface area contributed by atoms with Crippen LogP contribution >= 0.6 is 0 Å². The van der Waals surface area contributed by atoms with Gasteiger partial charge in [-0.1, -0.05) is 6.92 Å². The van der Waals surface area contributed by atoms with Crippen molar-refractivity contribution >= 4 is 11.6 Å². The Kier molecular flexibility index (Phi) is 4.65. The van der Waals surface area contributed by atoms with Crippen LogP contribution in [0.15, 0.2) is 24.3 Å². The van der Waals surface area contributed by atoms with Gasteiger partial charge in [0.1, 0.15) is 0 Å². The maximum Gasteiger partial charge on any atom is 0.254 e. The van der Waals surface area contributed by atoms with Gasteiger partial charge in [-0.05, 0) is 43.0 Å². The van der Waals surface area contributed by atoms with Crippen LogP contribution in [0.2, 0.25) is 0 Å². The van der Waals surface area contributed by atoms with E-state index in [0.29, 0.717) is 12.5 Å². The molecule has 0 radical (unpaired) electrons. The third-order valence-electron chi connectivity index (χ3n) is 4.14. The Morgan fingerprint density at radius 2 is 2.00 bits per heavy atom. The Morgan fingerprint density at radius 3 is 2.55 bits per heavy atom. The van der Waals surface area contributed by atoms with Gasteiger partial charge < -0.3 is 15.5 Å². The lowest BCUT2D eigenvalue weighted by Crippen LogP contribution is -2.49. The zero-order chi connectivity index (χ0) is 14.7. The van der Waals surface area contributed by atoms with E-state index in [-0.39, 0.29) is 11.9 Å². The number of hydrogen-bond acceptors (Lipinski definition) is 3. The van der Waals surface area contributed by atoms with Crippen molar-refractivity contribution in [2.24, 2.45) is 11.7 Å². The Morgan fingerprint density at radius 1 is 1.35 bits per heavy atom. The first-order chi connectivity index (χ1) is 9.52. The van der Waals surface area contributed by atoms with E-state index >= 15 is 0 Å². The van der Waals surface area contributed by atoms with E-state index in [0.717, 1.165) is 30.6 Å². The summed E-state index contributed by atoms with van der Waals surface area (Å²) in [4.78, 5) is 16.6. The molecule has 1 fully saturated rings. The van der Waals surface area contributed by atoms with Gasteiger partial charge in [0, 0.05) is 44.5 Å². The van der Waals surface area contributed by atoms with Crippen molar-refractivity contribution in [2.75, 3.05) is 32.1 Å². The summed E-state index contributed by atoms with van der Waals surface area (Å²) in [6, 6.07) is 7.96. The van der Waals surface area contributed by atoms with Crippen molar-refractivity contribution < 1.29 is 4.79 Å². The minimum absolute atomic E-state index is 0.109. The van der Waals surface area contributed by atoms with Gasteiger partial charge in [0.2, 0.25) is 0 Å². The maximum atomic E-state index is 12.6. The van der Waals surface area contributed by atoms with Crippen LogP contribution in [0.3, 0.4) is 0 Å². The van der Waals surface area contributed by atoms with Gasteiger partial charge in [0.25, 0.3) is 5.91 Å². The number of hydrogen-bond donors (Lipinski definition) is 1. The molecule has 110 valence electrons. The number of rotatable bonds is 3. The van der Waals surface area contributed by atoms with Crippen LogP contribution in [0.1, 0.15) is 30.1 Å². The lowest BCUT2D eigenvalue weighted by atomic mass is 9.92. The highest BCUT2D eigenvalue weighted by Crippen LogP contribution is 2.24. The summed E-state index contributed by atoms with van der Waals surface area (Å²) in [6.07, 6.45) is 2.08. The lowest BCUT2D eigenvalue weighted by molar-refractivity contribution is 0.0573. The van der Waals surface area contributed by atoms with Crippen LogP contribution in [0.4, 0.5) is 5.69 Å². The number of amides is 1. The maximum absolute atomic E-state index is 12.6. The molecule has 2 unspecified atom stereocenters. The van der Waals surface area contributed by atoms with Crippen LogP contribution < -0.4 is 10.6 Å². The summed E-state index contributed by atoms with van der Waals surface area (Å²) in [5.74, 6) is 0.765. The number of carbonyl (C=O) groups excluding carboxylic acids is 1. The van der Waals surface area contributed by atoms with Gasteiger partial charge in [-0.2, -0.15) is 0 Å². The molecule has 0 aliphatic carbocycles. The number of nitrogens with two attached hydrogens (primary N) is 1. The molecule has 0 spiro atoms. The number of nitrogens with zero attached hydrogens (tertiary/aromatic N) is 2. The molecule has 1 aliphatic heterocycles. The number of carbonyl (C=O) groups is 1. The molecular formula is C16H25N3O. The summed E-state index contributed by atoms with van der Waals surface area (Å²) in [7, 11) is 3.99. The van der Waals surface area contributed by atoms with Crippen LogP contribution in [0.25, 0.3) is 0 Å². The molecule has 0 bridgehead atoms. The number of piperidine rings is 1. The molecule has 0 aromatic heterocycles. The Balaban J connectivity index is 2.13. The second-order valence-electron chi connectivity index (χ2n) is 5.96. The predicted octanol–water partition coefficient (Wildman–Crippen LogP) is 1.95. The van der Waals surface area contributed by atoms with Crippen molar-refractivity contribution in [2.45, 2.75) is 25.8 Å². The Hall–Kier alpha value is -1.55. The highest BCUT2D eigenvalue weighted by molar-refractivity contribution is 5.94. The zero-order valence-corrected chi connectivity index (χ0v) is 12.7. The standard InChI is InChI=1S/C16H25N3O/c1-12-8-9-19(15(10-12)11-17)16(20)13-4-6-14(7-5-13)18(2)3/h4-7,12,15H,8-11,17H2,1-3H3. The van der Waals surface area contributed by atoms with E-state index in [9.17, 15) is 4.79 Å². The van der Waals surface area contributed by atoms with Crippen LogP contribution in [0, 0.1) is 5.92 Å². The summed E-state index contributed by atoms with van der Waals surface area (Å²) in [6.45, 7) is 3.60. The monoisotopic (exact) mass is 275 g/mol. The van der Waals surface area contributed by atoms with Crippen molar-refractivity contribution in [1.29, 1.82) is 0 Å². The molecule has 4 heteroatoms. The molecule has 1 aliphatic rings. The molecule has 20 heavy (non-hydrogen) atoms. The molecule has 1 amide bonds. The van der Waals surface area contributed by atoms with Crippen molar-refractivity contribution in [1.82, 2.24) is 4.90 Å². The van der Waals surface area contributed by atoms with Gasteiger partial charge >= 0.3 is 0 Å². The SMILES string of the molecule is CC1CCN(C(=O)c2ccc(N(C)C)cc2)C(CN)C1. The normalized spacial score (nSPS) is 22.7. The smallest absolute Gasteiger partial charge is 0.254 e. The Bertz CT molecular complexity index is 455. The molecule has 1 heterocycles. The van der Waals surface area contributed by atoms with E-state index < -0.39 is 0 Å². The highest BCUT2D eigenvalue weighted by Gasteiger charge is 2.29. The first kappa shape index (κ1) is 14.9. The van der Waals surface area contributed by atoms with Gasteiger partial charge in [-0.25, -0.2) is 0 Å². The zero-order valence-electron chi connectivity index (χ0n) is 12.7. The molecule has 4 nitrogen and oxygen atoms in total. The van der Waals surface area contributed by atoms with Crippen LogP contribution in [-0.4, -0.2) is 44.0 Å². The molecule has 2 N–H and O–H groups in total. The molecule has 1 aromatic rings. The molecule has 2 atom stereocenters. The van der Waals surface area contributed by atoms with E-state index in [4.69, 9.17) is 5.73 Å². The minimum Gasteiger partial charge on any atom is -0.378 e. The van der Waals surface area contributed by atoms with E-state index in [2.05, 4.69) is 6.92 Å². The van der Waals surface area contributed by atoms with E-state index in [1.54, 1.807) is 0 Å². The average Bonchev–Trinajstić information content (AvgIpc) is 2.46. The van der Waals surface area contributed by atoms with Gasteiger partial charge in [0.15, 0.2) is 0 Å². The number of likely N-dealkylation sites (tertiary alicyclic amines) is 1. The molecule has 1 saturated heterocycles. The van der Waals surface area contributed by atoms with E-state index in [1.165, 1.54) is 0 Å². The largest absolute Gasteiger partial charge is 0.378 e. The van der Waals surface area contributed by atoms with Crippen molar-refractivity contribution in [3.63, 3.8) is 0 Å². The first-order valence-corrected chi connectivity index (χ1v) is 7.31. The van der Waals surface area contributed by atoms with Gasteiger partial charge in [-0.3, -0.25) is 4.79 Å². The minimum atomic E-state index is 0.109. The average molecular weight is 275 g/mol. The predicted molar refractivity (Wildman–Crippen MR) is 83.0 cm³/mol. The quantitative estimate of drug-likeness (QED) is 0.917. The third-order valence-corrected chi connectivity index (χ3v) is 4.14. The lowest BCUT2D eigenvalue weighted by Gasteiger charge is -2.38. The summed E-state index contributed by atoms with van der Waals surface area (Å²) in [5, 5.41) is 0. The summed E-state index contributed by atoms with van der Waals surface area (Å²) in [5.41, 5.74) is 7.69. The first-order valence-electron chi connectivity index (χ1n) is 7.31. The molecule has 2 rings (SSSR count). The fraction of sp³-hybridized carbons (Fsp3) is 0.562. The van der Waals surface area contributed by atoms with Gasteiger partial charge in [-0.15, -0.1) is 0 Å². The number of benzene rings is 1. The van der Waals surface area contributed by atoms with Crippen molar-refractivity contribution in [3.8, 4) is 0 Å². The summed E-state index contributed by atoms with van der Waals surface area (Å²) >= 11 is 0.